The lowest BCUT2D eigenvalue weighted by Gasteiger charge is -2.34. The van der Waals surface area contributed by atoms with E-state index < -0.39 is 82.8 Å². The van der Waals surface area contributed by atoms with Crippen molar-refractivity contribution in [1.29, 1.82) is 0 Å². The zero-order valence-corrected chi connectivity index (χ0v) is 24.0. The number of benzene rings is 2. The Labute approximate surface area is 250 Å². The number of hydrogen-bond acceptors (Lipinski definition) is 11. The maximum Gasteiger partial charge on any atom is 0.252 e. The molecular weight excluding hydrogens is 578 g/mol. The van der Waals surface area contributed by atoms with Gasteiger partial charge in [-0.15, -0.1) is 0 Å². The standard InChI is InChI=1S/C29H33N5O10/c1-12(34-27(41)16(30)10-18(31)35)26(40)32-8-9-33-28(42)29(43)7-6-13-15(11-29)24(38)20-21(22(13)36)25(39)19-14(23(20)37)4-3-5-17(19)44-2/h3-5,12,16,36,38,43H,6-11,30H2,1-2H3,(H2,31,35)(H,32,40)(H,33,42)(H,34,41)/t12-,16?,29+/m0/s1. The van der Waals surface area contributed by atoms with Gasteiger partial charge in [0.15, 0.2) is 5.78 Å². The molecule has 1 unspecified atom stereocenters. The summed E-state index contributed by atoms with van der Waals surface area (Å²) in [4.78, 5) is 74.9. The zero-order valence-electron chi connectivity index (χ0n) is 24.0. The number of aromatic hydroxyl groups is 2. The third-order valence-corrected chi connectivity index (χ3v) is 7.73. The molecule has 234 valence electrons. The Morgan fingerprint density at radius 1 is 0.977 bits per heavy atom. The first kappa shape index (κ1) is 31.9. The van der Waals surface area contributed by atoms with E-state index in [1.165, 1.54) is 32.2 Å². The number of phenols is 2. The molecule has 0 spiro atoms. The van der Waals surface area contributed by atoms with Crippen LogP contribution in [0.2, 0.25) is 0 Å². The number of ether oxygens (including phenoxy) is 1. The summed E-state index contributed by atoms with van der Waals surface area (Å²) in [7, 11) is 1.33. The van der Waals surface area contributed by atoms with E-state index in [9.17, 15) is 44.1 Å². The summed E-state index contributed by atoms with van der Waals surface area (Å²) in [6.45, 7) is 1.19. The van der Waals surface area contributed by atoms with Gasteiger partial charge in [-0.05, 0) is 25.8 Å². The zero-order chi connectivity index (χ0) is 32.5. The first-order valence-corrected chi connectivity index (χ1v) is 13.7. The fourth-order valence-corrected chi connectivity index (χ4v) is 5.39. The molecule has 44 heavy (non-hydrogen) atoms. The normalized spacial score (nSPS) is 18.2. The van der Waals surface area contributed by atoms with Crippen molar-refractivity contribution in [2.75, 3.05) is 20.2 Å². The Hall–Kier alpha value is -5.02. The first-order valence-electron chi connectivity index (χ1n) is 13.7. The lowest BCUT2D eigenvalue weighted by molar-refractivity contribution is -0.141. The number of primary amides is 1. The van der Waals surface area contributed by atoms with E-state index in [4.69, 9.17) is 16.2 Å². The Morgan fingerprint density at radius 3 is 2.27 bits per heavy atom. The van der Waals surface area contributed by atoms with Gasteiger partial charge in [0.25, 0.3) is 5.91 Å². The maximum atomic E-state index is 13.4. The van der Waals surface area contributed by atoms with Gasteiger partial charge in [0.1, 0.15) is 28.9 Å². The molecule has 0 radical (unpaired) electrons. The van der Waals surface area contributed by atoms with Crippen molar-refractivity contribution < 1.29 is 48.8 Å². The second-order valence-electron chi connectivity index (χ2n) is 10.7. The van der Waals surface area contributed by atoms with Gasteiger partial charge < -0.3 is 47.5 Å². The Kier molecular flexibility index (Phi) is 8.92. The number of nitrogens with one attached hydrogen (secondary N) is 3. The number of phenolic OH excluding ortho intramolecular Hbond substituents is 2. The molecule has 0 fully saturated rings. The summed E-state index contributed by atoms with van der Waals surface area (Å²) in [6, 6.07) is 2.17. The highest BCUT2D eigenvalue weighted by atomic mass is 16.5. The summed E-state index contributed by atoms with van der Waals surface area (Å²) in [5, 5.41) is 40.8. The van der Waals surface area contributed by atoms with Crippen LogP contribution in [-0.4, -0.2) is 88.4 Å². The van der Waals surface area contributed by atoms with Crippen LogP contribution in [0.3, 0.4) is 0 Å². The van der Waals surface area contributed by atoms with Crippen molar-refractivity contribution in [3.63, 3.8) is 0 Å². The number of methoxy groups -OCH3 is 1. The summed E-state index contributed by atoms with van der Waals surface area (Å²) >= 11 is 0. The van der Waals surface area contributed by atoms with Crippen LogP contribution >= 0.6 is 0 Å². The predicted octanol–water partition coefficient (Wildman–Crippen LogP) is -1.96. The summed E-state index contributed by atoms with van der Waals surface area (Å²) < 4.78 is 5.23. The second kappa shape index (κ2) is 12.3. The summed E-state index contributed by atoms with van der Waals surface area (Å²) in [6.07, 6.45) is -1.13. The molecule has 2 aromatic rings. The molecule has 0 heterocycles. The number of aliphatic hydroxyl groups is 1. The highest BCUT2D eigenvalue weighted by Crippen LogP contribution is 2.48. The van der Waals surface area contributed by atoms with Gasteiger partial charge in [-0.3, -0.25) is 28.8 Å². The molecule has 0 aromatic heterocycles. The Morgan fingerprint density at radius 2 is 1.61 bits per heavy atom. The van der Waals surface area contributed by atoms with E-state index >= 15 is 0 Å². The topological polar surface area (TPSA) is 260 Å². The van der Waals surface area contributed by atoms with Crippen LogP contribution < -0.4 is 32.2 Å². The van der Waals surface area contributed by atoms with Crippen LogP contribution in [0.25, 0.3) is 0 Å². The van der Waals surface area contributed by atoms with E-state index in [0.717, 1.165) is 0 Å². The summed E-state index contributed by atoms with van der Waals surface area (Å²) in [5.74, 6) is -5.36. The van der Waals surface area contributed by atoms with Gasteiger partial charge in [-0.1, -0.05) is 12.1 Å². The minimum Gasteiger partial charge on any atom is -0.507 e. The number of carbonyl (C=O) groups excluding carboxylic acids is 6. The van der Waals surface area contributed by atoms with Crippen LogP contribution in [0.5, 0.6) is 17.2 Å². The average molecular weight is 612 g/mol. The highest BCUT2D eigenvalue weighted by molar-refractivity contribution is 6.31. The smallest absolute Gasteiger partial charge is 0.252 e. The van der Waals surface area contributed by atoms with Crippen LogP contribution in [0.15, 0.2) is 18.2 Å². The van der Waals surface area contributed by atoms with E-state index in [-0.39, 0.29) is 59.5 Å². The third-order valence-electron chi connectivity index (χ3n) is 7.73. The van der Waals surface area contributed by atoms with Gasteiger partial charge in [0.2, 0.25) is 23.5 Å². The molecule has 15 heteroatoms. The number of fused-ring (bicyclic) bond motifs is 3. The van der Waals surface area contributed by atoms with Crippen LogP contribution in [-0.2, 0) is 32.0 Å². The quantitative estimate of drug-likeness (QED) is 0.0922. The largest absolute Gasteiger partial charge is 0.507 e. The highest BCUT2D eigenvalue weighted by Gasteiger charge is 2.45. The molecule has 15 nitrogen and oxygen atoms in total. The van der Waals surface area contributed by atoms with Crippen molar-refractivity contribution >= 4 is 35.2 Å². The number of hydrogen-bond donors (Lipinski definition) is 8. The number of amides is 4. The van der Waals surface area contributed by atoms with Crippen molar-refractivity contribution in [2.45, 2.75) is 50.3 Å². The average Bonchev–Trinajstić information content (AvgIpc) is 2.98. The molecule has 4 rings (SSSR count). The molecule has 3 atom stereocenters. The second-order valence-corrected chi connectivity index (χ2v) is 10.7. The number of carbonyl (C=O) groups is 6. The van der Waals surface area contributed by atoms with Crippen molar-refractivity contribution in [1.82, 2.24) is 16.0 Å². The molecule has 0 saturated heterocycles. The number of ketones is 2. The van der Waals surface area contributed by atoms with E-state index in [1.54, 1.807) is 0 Å². The van der Waals surface area contributed by atoms with Gasteiger partial charge in [0, 0.05) is 36.2 Å². The van der Waals surface area contributed by atoms with E-state index in [2.05, 4.69) is 16.0 Å². The first-order chi connectivity index (χ1) is 20.7. The molecule has 0 aliphatic heterocycles. The Balaban J connectivity index is 1.42. The molecule has 0 bridgehead atoms. The molecule has 2 aromatic carbocycles. The molecule has 2 aliphatic rings. The van der Waals surface area contributed by atoms with Crippen molar-refractivity contribution in [3.05, 3.63) is 51.6 Å². The minimum absolute atomic E-state index is 0.0234. The lowest BCUT2D eigenvalue weighted by atomic mass is 9.74. The minimum atomic E-state index is -2.05. The van der Waals surface area contributed by atoms with E-state index in [1.807, 2.05) is 0 Å². The van der Waals surface area contributed by atoms with Crippen molar-refractivity contribution in [3.8, 4) is 17.2 Å². The van der Waals surface area contributed by atoms with Crippen LogP contribution in [0, 0.1) is 0 Å². The molecule has 0 saturated carbocycles. The Bertz CT molecular complexity index is 1590. The molecule has 4 amide bonds. The third kappa shape index (κ3) is 5.78. The van der Waals surface area contributed by atoms with Gasteiger partial charge in [0.05, 0.1) is 36.3 Å². The summed E-state index contributed by atoms with van der Waals surface area (Å²) in [5.41, 5.74) is 7.76. The molecule has 10 N–H and O–H groups in total. The lowest BCUT2D eigenvalue weighted by Crippen LogP contribution is -2.53. The maximum absolute atomic E-state index is 13.4. The van der Waals surface area contributed by atoms with Gasteiger partial charge in [-0.25, -0.2) is 0 Å². The van der Waals surface area contributed by atoms with Crippen molar-refractivity contribution in [2.24, 2.45) is 11.5 Å². The van der Waals surface area contributed by atoms with Crippen LogP contribution in [0.1, 0.15) is 62.7 Å². The van der Waals surface area contributed by atoms with Gasteiger partial charge in [-0.2, -0.15) is 0 Å². The predicted molar refractivity (Wildman–Crippen MR) is 152 cm³/mol. The van der Waals surface area contributed by atoms with Crippen LogP contribution in [0.4, 0.5) is 0 Å². The fraction of sp³-hybridized carbons (Fsp3) is 0.379. The van der Waals surface area contributed by atoms with Gasteiger partial charge >= 0.3 is 0 Å². The fourth-order valence-electron chi connectivity index (χ4n) is 5.39. The number of nitrogens with two attached hydrogens (primary N) is 2. The molecular formula is C29H33N5O10. The monoisotopic (exact) mass is 611 g/mol. The van der Waals surface area contributed by atoms with E-state index in [0.29, 0.717) is 0 Å². The number of rotatable bonds is 10. The SMILES string of the molecule is COc1cccc2c1C(=O)c1c(O)c3c(c(O)c1C2=O)C[C@@](O)(C(=O)NCCNC(=O)[C@H](C)NC(=O)C(N)CC(N)=O)CC3. The molecule has 2 aliphatic carbocycles.